The lowest BCUT2D eigenvalue weighted by atomic mass is 10.4. The summed E-state index contributed by atoms with van der Waals surface area (Å²) in [5.41, 5.74) is 0.795. The SMILES string of the molecule is Cn1cc(Cl)c(C=CCS)n1. The summed E-state index contributed by atoms with van der Waals surface area (Å²) in [6, 6.07) is 0. The minimum absolute atomic E-state index is 0.672. The summed E-state index contributed by atoms with van der Waals surface area (Å²) in [6.07, 6.45) is 5.52. The Labute approximate surface area is 76.3 Å². The molecule has 0 aromatic carbocycles. The fraction of sp³-hybridized carbons (Fsp3) is 0.286. The maximum absolute atomic E-state index is 5.82. The Hall–Kier alpha value is -0.410. The van der Waals surface area contributed by atoms with Crippen LogP contribution < -0.4 is 0 Å². The molecule has 0 atom stereocenters. The van der Waals surface area contributed by atoms with Crippen LogP contribution in [0.4, 0.5) is 0 Å². The van der Waals surface area contributed by atoms with E-state index < -0.39 is 0 Å². The molecule has 11 heavy (non-hydrogen) atoms. The summed E-state index contributed by atoms with van der Waals surface area (Å²) < 4.78 is 1.68. The summed E-state index contributed by atoms with van der Waals surface area (Å²) >= 11 is 9.85. The Morgan fingerprint density at radius 1 is 1.82 bits per heavy atom. The lowest BCUT2D eigenvalue weighted by Crippen LogP contribution is -1.86. The van der Waals surface area contributed by atoms with Gasteiger partial charge in [0.25, 0.3) is 0 Å². The van der Waals surface area contributed by atoms with E-state index in [9.17, 15) is 0 Å². The number of hydrogen-bond donors (Lipinski definition) is 1. The Morgan fingerprint density at radius 2 is 2.55 bits per heavy atom. The summed E-state index contributed by atoms with van der Waals surface area (Å²) in [4.78, 5) is 0. The summed E-state index contributed by atoms with van der Waals surface area (Å²) in [6.45, 7) is 0. The van der Waals surface area contributed by atoms with E-state index in [0.717, 1.165) is 5.69 Å². The molecule has 0 aliphatic heterocycles. The smallest absolute Gasteiger partial charge is 0.103 e. The van der Waals surface area contributed by atoms with Crippen LogP contribution in [0.15, 0.2) is 12.3 Å². The van der Waals surface area contributed by atoms with Crippen LogP contribution >= 0.6 is 24.2 Å². The van der Waals surface area contributed by atoms with Gasteiger partial charge in [0.1, 0.15) is 5.69 Å². The van der Waals surface area contributed by atoms with Gasteiger partial charge in [0.05, 0.1) is 5.02 Å². The normalized spacial score (nSPS) is 11.2. The van der Waals surface area contributed by atoms with Gasteiger partial charge in [0.15, 0.2) is 0 Å². The molecule has 2 nitrogen and oxygen atoms in total. The van der Waals surface area contributed by atoms with E-state index in [4.69, 9.17) is 11.6 Å². The fourth-order valence-electron chi connectivity index (χ4n) is 0.754. The summed E-state index contributed by atoms with van der Waals surface area (Å²) in [5.74, 6) is 0.701. The Kier molecular flexibility index (Phi) is 3.02. The van der Waals surface area contributed by atoms with Crippen molar-refractivity contribution in [2.24, 2.45) is 7.05 Å². The second-order valence-electron chi connectivity index (χ2n) is 2.12. The van der Waals surface area contributed by atoms with Crippen LogP contribution in [0.2, 0.25) is 5.02 Å². The number of hydrogen-bond acceptors (Lipinski definition) is 2. The highest BCUT2D eigenvalue weighted by Gasteiger charge is 1.99. The van der Waals surface area contributed by atoms with E-state index in [0.29, 0.717) is 10.8 Å². The molecule has 1 rings (SSSR count). The zero-order valence-electron chi connectivity index (χ0n) is 6.16. The first-order valence-electron chi connectivity index (χ1n) is 3.20. The number of aromatic nitrogens is 2. The molecule has 0 saturated heterocycles. The van der Waals surface area contributed by atoms with Crippen molar-refractivity contribution < 1.29 is 0 Å². The lowest BCUT2D eigenvalue weighted by Gasteiger charge is -1.83. The second kappa shape index (κ2) is 3.83. The van der Waals surface area contributed by atoms with Crippen molar-refractivity contribution in [3.8, 4) is 0 Å². The molecule has 0 radical (unpaired) electrons. The molecule has 0 fully saturated rings. The van der Waals surface area contributed by atoms with Crippen molar-refractivity contribution in [3.63, 3.8) is 0 Å². The average molecular weight is 189 g/mol. The molecule has 0 aliphatic rings. The van der Waals surface area contributed by atoms with E-state index in [2.05, 4.69) is 17.7 Å². The van der Waals surface area contributed by atoms with Crippen LogP contribution in [-0.4, -0.2) is 15.5 Å². The van der Waals surface area contributed by atoms with Gasteiger partial charge in [-0.3, -0.25) is 4.68 Å². The van der Waals surface area contributed by atoms with Crippen LogP contribution in [0.3, 0.4) is 0 Å². The van der Waals surface area contributed by atoms with E-state index in [1.54, 1.807) is 10.9 Å². The molecule has 0 amide bonds. The van der Waals surface area contributed by atoms with Gasteiger partial charge >= 0.3 is 0 Å². The maximum Gasteiger partial charge on any atom is 0.103 e. The number of nitrogens with zero attached hydrogens (tertiary/aromatic N) is 2. The molecule has 4 heteroatoms. The van der Waals surface area contributed by atoms with Crippen LogP contribution in [-0.2, 0) is 7.05 Å². The highest BCUT2D eigenvalue weighted by atomic mass is 35.5. The quantitative estimate of drug-likeness (QED) is 0.704. The third kappa shape index (κ3) is 2.27. The summed E-state index contributed by atoms with van der Waals surface area (Å²) in [7, 11) is 1.84. The molecule has 0 aliphatic carbocycles. The Bertz CT molecular complexity index is 267. The van der Waals surface area contributed by atoms with Gasteiger partial charge in [-0.05, 0) is 6.08 Å². The molecular formula is C7H9ClN2S. The largest absolute Gasteiger partial charge is 0.274 e. The van der Waals surface area contributed by atoms with Gasteiger partial charge in [-0.15, -0.1) is 0 Å². The Morgan fingerprint density at radius 3 is 3.00 bits per heavy atom. The minimum atomic E-state index is 0.672. The van der Waals surface area contributed by atoms with E-state index in [1.807, 2.05) is 19.2 Å². The van der Waals surface area contributed by atoms with E-state index >= 15 is 0 Å². The van der Waals surface area contributed by atoms with Gasteiger partial charge in [0.2, 0.25) is 0 Å². The van der Waals surface area contributed by atoms with E-state index in [-0.39, 0.29) is 0 Å². The second-order valence-corrected chi connectivity index (χ2v) is 2.89. The monoisotopic (exact) mass is 188 g/mol. The van der Waals surface area contributed by atoms with Gasteiger partial charge in [-0.25, -0.2) is 0 Å². The molecule has 0 bridgehead atoms. The third-order valence-corrected chi connectivity index (χ3v) is 1.69. The van der Waals surface area contributed by atoms with E-state index in [1.165, 1.54) is 0 Å². The number of aryl methyl sites for hydroxylation is 1. The standard InChI is InChI=1S/C7H9ClN2S/c1-10-5-6(8)7(9-10)3-2-4-11/h2-3,5,11H,4H2,1H3. The van der Waals surface area contributed by atoms with Gasteiger partial charge in [0, 0.05) is 19.0 Å². The molecule has 1 aromatic heterocycles. The molecule has 1 heterocycles. The molecule has 1 aromatic rings. The molecular weight excluding hydrogens is 180 g/mol. The summed E-state index contributed by atoms with van der Waals surface area (Å²) in [5, 5.41) is 4.78. The number of thiol groups is 1. The average Bonchev–Trinajstić information content (AvgIpc) is 2.26. The van der Waals surface area contributed by atoms with Gasteiger partial charge in [-0.2, -0.15) is 17.7 Å². The zero-order chi connectivity index (χ0) is 8.27. The van der Waals surface area contributed by atoms with Crippen LogP contribution in [0.1, 0.15) is 5.69 Å². The Balaban J connectivity index is 2.85. The molecule has 60 valence electrons. The molecule has 0 N–H and O–H groups in total. The van der Waals surface area contributed by atoms with Crippen molar-refractivity contribution in [2.45, 2.75) is 0 Å². The predicted molar refractivity (Wildman–Crippen MR) is 51.1 cm³/mol. The highest BCUT2D eigenvalue weighted by molar-refractivity contribution is 7.80. The lowest BCUT2D eigenvalue weighted by molar-refractivity contribution is 0.764. The fourth-order valence-corrected chi connectivity index (χ4v) is 1.10. The maximum atomic E-state index is 5.82. The number of halogens is 1. The van der Waals surface area contributed by atoms with Crippen molar-refractivity contribution in [2.75, 3.05) is 5.75 Å². The van der Waals surface area contributed by atoms with Crippen molar-refractivity contribution >= 4 is 30.3 Å². The molecule has 0 spiro atoms. The van der Waals surface area contributed by atoms with Crippen LogP contribution in [0.5, 0.6) is 0 Å². The third-order valence-electron chi connectivity index (χ3n) is 1.19. The topological polar surface area (TPSA) is 17.8 Å². The van der Waals surface area contributed by atoms with Crippen molar-refractivity contribution in [1.29, 1.82) is 0 Å². The molecule has 0 saturated carbocycles. The van der Waals surface area contributed by atoms with Crippen LogP contribution in [0.25, 0.3) is 6.08 Å². The molecule has 0 unspecified atom stereocenters. The minimum Gasteiger partial charge on any atom is -0.274 e. The zero-order valence-corrected chi connectivity index (χ0v) is 7.81. The van der Waals surface area contributed by atoms with Gasteiger partial charge in [-0.1, -0.05) is 17.7 Å². The highest BCUT2D eigenvalue weighted by Crippen LogP contribution is 2.14. The first kappa shape index (κ1) is 8.68. The van der Waals surface area contributed by atoms with Crippen molar-refractivity contribution in [1.82, 2.24) is 9.78 Å². The first-order valence-corrected chi connectivity index (χ1v) is 4.21. The van der Waals surface area contributed by atoms with Gasteiger partial charge < -0.3 is 0 Å². The van der Waals surface area contributed by atoms with Crippen LogP contribution in [0, 0.1) is 0 Å². The van der Waals surface area contributed by atoms with Crippen molar-refractivity contribution in [3.05, 3.63) is 23.0 Å². The number of rotatable bonds is 2. The first-order chi connectivity index (χ1) is 5.24. The predicted octanol–water partition coefficient (Wildman–Crippen LogP) is 2.02.